The quantitative estimate of drug-likeness (QED) is 0.232. The van der Waals surface area contributed by atoms with E-state index in [2.05, 4.69) is 5.32 Å². The van der Waals surface area contributed by atoms with E-state index in [-0.39, 0.29) is 10.7 Å². The summed E-state index contributed by atoms with van der Waals surface area (Å²) in [5.74, 6) is 0.381. The Labute approximate surface area is 199 Å². The molecule has 33 heavy (non-hydrogen) atoms. The number of aryl methyl sites for hydroxylation is 1. The summed E-state index contributed by atoms with van der Waals surface area (Å²) in [4.78, 5) is 28.2. The van der Waals surface area contributed by atoms with E-state index < -0.39 is 11.8 Å². The van der Waals surface area contributed by atoms with Gasteiger partial charge >= 0.3 is 0 Å². The van der Waals surface area contributed by atoms with E-state index in [9.17, 15) is 9.59 Å². The highest BCUT2D eigenvalue weighted by Gasteiger charge is 2.34. The summed E-state index contributed by atoms with van der Waals surface area (Å²) in [6, 6.07) is 24.4. The summed E-state index contributed by atoms with van der Waals surface area (Å²) in [5.41, 5.74) is 1.62. The first-order valence-electron chi connectivity index (χ1n) is 10.2. The van der Waals surface area contributed by atoms with Gasteiger partial charge in [-0.3, -0.25) is 19.8 Å². The molecule has 3 aromatic carbocycles. The molecule has 0 atom stereocenters. The third-order valence-corrected chi connectivity index (χ3v) is 6.84. The molecule has 0 radical (unpaired) electrons. The number of carbonyl (C=O) groups excluding carboxylic acids is 2. The van der Waals surface area contributed by atoms with Gasteiger partial charge in [0.25, 0.3) is 11.8 Å². The van der Waals surface area contributed by atoms with Crippen LogP contribution in [-0.2, 0) is 9.59 Å². The van der Waals surface area contributed by atoms with Gasteiger partial charge in [-0.05, 0) is 78.6 Å². The lowest BCUT2D eigenvalue weighted by atomic mass is 10.1. The number of rotatable bonds is 4. The van der Waals surface area contributed by atoms with Crippen LogP contribution in [0.25, 0.3) is 16.2 Å². The van der Waals surface area contributed by atoms with E-state index in [1.165, 1.54) is 4.90 Å². The maximum atomic E-state index is 13.3. The van der Waals surface area contributed by atoms with E-state index in [0.717, 1.165) is 20.5 Å². The molecule has 1 saturated heterocycles. The SMILES string of the molecule is Cc1c(C=C2C(=O)NC(=S)N(c3ccc(Oc4ccccc4)cc3)C2=O)sc2ccccc12. The molecule has 1 fully saturated rings. The second-order valence-electron chi connectivity index (χ2n) is 7.45. The molecule has 5 rings (SSSR count). The van der Waals surface area contributed by atoms with Crippen LogP contribution in [-0.4, -0.2) is 16.9 Å². The van der Waals surface area contributed by atoms with Gasteiger partial charge in [-0.15, -0.1) is 11.3 Å². The number of thiocarbonyl (C=S) groups is 1. The van der Waals surface area contributed by atoms with E-state index in [4.69, 9.17) is 17.0 Å². The summed E-state index contributed by atoms with van der Waals surface area (Å²) in [6.45, 7) is 1.99. The van der Waals surface area contributed by atoms with Gasteiger partial charge in [-0.2, -0.15) is 0 Å². The molecule has 1 aliphatic heterocycles. The summed E-state index contributed by atoms with van der Waals surface area (Å²) in [6.07, 6.45) is 1.65. The molecular weight excluding hydrogens is 452 g/mol. The number of nitrogens with zero attached hydrogens (tertiary/aromatic N) is 1. The van der Waals surface area contributed by atoms with Gasteiger partial charge in [-0.25, -0.2) is 0 Å². The van der Waals surface area contributed by atoms with Crippen LogP contribution in [0.2, 0.25) is 0 Å². The Balaban J connectivity index is 1.45. The van der Waals surface area contributed by atoms with Crippen molar-refractivity contribution in [2.75, 3.05) is 4.90 Å². The normalized spacial score (nSPS) is 15.2. The molecule has 5 nitrogen and oxygen atoms in total. The van der Waals surface area contributed by atoms with Gasteiger partial charge in [0.15, 0.2) is 5.11 Å². The number of amides is 2. The molecule has 1 aromatic heterocycles. The van der Waals surface area contributed by atoms with Gasteiger partial charge in [0.05, 0.1) is 5.69 Å². The molecule has 4 aromatic rings. The molecule has 1 N–H and O–H groups in total. The first kappa shape index (κ1) is 21.1. The van der Waals surface area contributed by atoms with Crippen LogP contribution >= 0.6 is 23.6 Å². The van der Waals surface area contributed by atoms with Gasteiger partial charge in [0.1, 0.15) is 17.1 Å². The zero-order valence-corrected chi connectivity index (χ0v) is 19.2. The highest BCUT2D eigenvalue weighted by Crippen LogP contribution is 2.33. The maximum Gasteiger partial charge on any atom is 0.270 e. The average Bonchev–Trinajstić information content (AvgIpc) is 3.14. The molecule has 0 bridgehead atoms. The number of nitrogens with one attached hydrogen (secondary N) is 1. The number of thiophene rings is 1. The first-order chi connectivity index (χ1) is 16.0. The fraction of sp³-hybridized carbons (Fsp3) is 0.0385. The molecule has 7 heteroatoms. The number of ether oxygens (including phenoxy) is 1. The van der Waals surface area contributed by atoms with Crippen LogP contribution in [0.1, 0.15) is 10.4 Å². The Kier molecular flexibility index (Phi) is 5.50. The highest BCUT2D eigenvalue weighted by atomic mass is 32.1. The number of benzene rings is 3. The lowest BCUT2D eigenvalue weighted by Crippen LogP contribution is -2.54. The monoisotopic (exact) mass is 470 g/mol. The van der Waals surface area contributed by atoms with Gasteiger partial charge in [-0.1, -0.05) is 36.4 Å². The van der Waals surface area contributed by atoms with Crippen molar-refractivity contribution in [2.45, 2.75) is 6.92 Å². The van der Waals surface area contributed by atoms with Crippen LogP contribution in [0.4, 0.5) is 5.69 Å². The number of hydrogen-bond acceptors (Lipinski definition) is 5. The van der Waals surface area contributed by atoms with Gasteiger partial charge < -0.3 is 4.74 Å². The van der Waals surface area contributed by atoms with E-state index >= 15 is 0 Å². The Morgan fingerprint density at radius 3 is 2.30 bits per heavy atom. The molecule has 0 unspecified atom stereocenters. The zero-order chi connectivity index (χ0) is 22.9. The van der Waals surface area contributed by atoms with E-state index in [1.54, 1.807) is 41.7 Å². The largest absolute Gasteiger partial charge is 0.457 e. The van der Waals surface area contributed by atoms with Crippen LogP contribution in [0.5, 0.6) is 11.5 Å². The number of para-hydroxylation sites is 1. The standard InChI is InChI=1S/C26H18N2O3S2/c1-16-20-9-5-6-10-22(20)33-23(16)15-21-24(29)27-26(32)28(25(21)30)17-11-13-19(14-12-17)31-18-7-3-2-4-8-18/h2-15H,1H3,(H,27,29,32). The molecule has 0 spiro atoms. The van der Waals surface area contributed by atoms with Crippen LogP contribution in [0, 0.1) is 6.92 Å². The van der Waals surface area contributed by atoms with Crippen LogP contribution in [0.15, 0.2) is 84.4 Å². The number of hydrogen-bond donors (Lipinski definition) is 1. The van der Waals surface area contributed by atoms with Crippen molar-refractivity contribution in [3.8, 4) is 11.5 Å². The van der Waals surface area contributed by atoms with Crippen molar-refractivity contribution in [3.05, 3.63) is 94.9 Å². The molecule has 2 amide bonds. The minimum atomic E-state index is -0.498. The number of fused-ring (bicyclic) bond motifs is 1. The van der Waals surface area contributed by atoms with Crippen molar-refractivity contribution in [1.29, 1.82) is 0 Å². The smallest absolute Gasteiger partial charge is 0.270 e. The number of anilines is 1. The van der Waals surface area contributed by atoms with Crippen LogP contribution < -0.4 is 15.0 Å². The summed E-state index contributed by atoms with van der Waals surface area (Å²) >= 11 is 6.86. The highest BCUT2D eigenvalue weighted by molar-refractivity contribution is 7.80. The molecule has 2 heterocycles. The second-order valence-corrected chi connectivity index (χ2v) is 8.92. The molecule has 0 aliphatic carbocycles. The molecule has 162 valence electrons. The van der Waals surface area contributed by atoms with Crippen molar-refractivity contribution in [3.63, 3.8) is 0 Å². The summed E-state index contributed by atoms with van der Waals surface area (Å²) < 4.78 is 6.92. The van der Waals surface area contributed by atoms with Gasteiger partial charge in [0.2, 0.25) is 0 Å². The third-order valence-electron chi connectivity index (χ3n) is 5.33. The minimum Gasteiger partial charge on any atom is -0.457 e. The Hall–Kier alpha value is -3.81. The Morgan fingerprint density at radius 2 is 1.58 bits per heavy atom. The second kappa shape index (κ2) is 8.61. The fourth-order valence-corrected chi connectivity index (χ4v) is 5.08. The average molecular weight is 471 g/mol. The topological polar surface area (TPSA) is 58.6 Å². The summed E-state index contributed by atoms with van der Waals surface area (Å²) in [5, 5.41) is 3.80. The van der Waals surface area contributed by atoms with Crippen molar-refractivity contribution in [2.24, 2.45) is 0 Å². The van der Waals surface area contributed by atoms with Crippen molar-refractivity contribution >= 4 is 62.3 Å². The third kappa shape index (κ3) is 4.04. The maximum absolute atomic E-state index is 13.3. The Morgan fingerprint density at radius 1 is 0.909 bits per heavy atom. The van der Waals surface area contributed by atoms with E-state index in [0.29, 0.717) is 17.2 Å². The van der Waals surface area contributed by atoms with E-state index in [1.807, 2.05) is 61.5 Å². The van der Waals surface area contributed by atoms with Gasteiger partial charge in [0, 0.05) is 9.58 Å². The lowest BCUT2D eigenvalue weighted by Gasteiger charge is -2.29. The van der Waals surface area contributed by atoms with Crippen molar-refractivity contribution < 1.29 is 14.3 Å². The predicted octanol–water partition coefficient (Wildman–Crippen LogP) is 5.83. The zero-order valence-electron chi connectivity index (χ0n) is 17.6. The summed E-state index contributed by atoms with van der Waals surface area (Å²) in [7, 11) is 0. The number of carbonyl (C=O) groups is 2. The van der Waals surface area contributed by atoms with Crippen LogP contribution in [0.3, 0.4) is 0 Å². The molecule has 0 saturated carbocycles. The molecule has 1 aliphatic rings. The minimum absolute atomic E-state index is 0.0443. The predicted molar refractivity (Wildman–Crippen MR) is 136 cm³/mol. The lowest BCUT2D eigenvalue weighted by molar-refractivity contribution is -0.122. The Bertz CT molecular complexity index is 1420. The van der Waals surface area contributed by atoms with Crippen molar-refractivity contribution in [1.82, 2.24) is 5.32 Å². The molecular formula is C26H18N2O3S2. The fourth-order valence-electron chi connectivity index (χ4n) is 3.64. The first-order valence-corrected chi connectivity index (χ1v) is 11.5.